The highest BCUT2D eigenvalue weighted by molar-refractivity contribution is 5.96. The van der Waals surface area contributed by atoms with Crippen LogP contribution in [0.15, 0.2) is 18.2 Å². The molecule has 1 saturated heterocycles. The molecule has 0 radical (unpaired) electrons. The molecule has 0 aliphatic carbocycles. The minimum absolute atomic E-state index is 0.208. The largest absolute Gasteiger partial charge is 0.493 e. The fourth-order valence-electron chi connectivity index (χ4n) is 2.72. The number of anilines is 1. The third-order valence-electron chi connectivity index (χ3n) is 3.60. The average molecular weight is 246 g/mol. The van der Waals surface area contributed by atoms with Crippen molar-refractivity contribution < 1.29 is 9.53 Å². The predicted molar refractivity (Wildman–Crippen MR) is 70.1 cm³/mol. The van der Waals surface area contributed by atoms with Crippen LogP contribution in [0.4, 0.5) is 5.69 Å². The zero-order valence-electron chi connectivity index (χ0n) is 10.6. The van der Waals surface area contributed by atoms with Crippen molar-refractivity contribution in [1.82, 2.24) is 5.32 Å². The van der Waals surface area contributed by atoms with E-state index in [1.807, 2.05) is 17.0 Å². The number of rotatable bonds is 3. The van der Waals surface area contributed by atoms with Crippen LogP contribution < -0.4 is 15.0 Å². The van der Waals surface area contributed by atoms with E-state index in [0.717, 1.165) is 37.6 Å². The maximum absolute atomic E-state index is 12.0. The summed E-state index contributed by atoms with van der Waals surface area (Å²) in [5.74, 6) is 1.17. The highest BCUT2D eigenvalue weighted by Crippen LogP contribution is 2.31. The number of fused-ring (bicyclic) bond motifs is 1. The molecule has 3 rings (SSSR count). The summed E-state index contributed by atoms with van der Waals surface area (Å²) in [7, 11) is 0. The number of nitrogens with zero attached hydrogens (tertiary/aromatic N) is 1. The molecule has 0 saturated carbocycles. The van der Waals surface area contributed by atoms with Crippen LogP contribution in [-0.2, 0) is 11.2 Å². The first-order chi connectivity index (χ1) is 8.78. The van der Waals surface area contributed by atoms with Crippen LogP contribution in [0.1, 0.15) is 18.9 Å². The molecule has 18 heavy (non-hydrogen) atoms. The molecule has 4 heteroatoms. The maximum Gasteiger partial charge on any atom is 0.228 e. The zero-order chi connectivity index (χ0) is 12.5. The van der Waals surface area contributed by atoms with Crippen LogP contribution in [0.3, 0.4) is 0 Å². The van der Waals surface area contributed by atoms with Crippen LogP contribution >= 0.6 is 0 Å². The Labute approximate surface area is 107 Å². The SMILES string of the molecule is CCNC1CC(=O)N(c2ccc3c(c2)CCO3)C1. The van der Waals surface area contributed by atoms with Crippen LogP contribution in [0.25, 0.3) is 0 Å². The van der Waals surface area contributed by atoms with Gasteiger partial charge in [-0.3, -0.25) is 4.79 Å². The molecule has 2 aliphatic heterocycles. The van der Waals surface area contributed by atoms with Gasteiger partial charge in [0.05, 0.1) is 6.61 Å². The molecule has 0 bridgehead atoms. The molecule has 1 fully saturated rings. The number of nitrogens with one attached hydrogen (secondary N) is 1. The Morgan fingerprint density at radius 1 is 1.50 bits per heavy atom. The van der Waals surface area contributed by atoms with Crippen molar-refractivity contribution in [3.63, 3.8) is 0 Å². The molecular formula is C14H18N2O2. The van der Waals surface area contributed by atoms with E-state index in [1.165, 1.54) is 5.56 Å². The van der Waals surface area contributed by atoms with E-state index in [2.05, 4.69) is 18.3 Å². The Bertz CT molecular complexity index is 473. The highest BCUT2D eigenvalue weighted by atomic mass is 16.5. The van der Waals surface area contributed by atoms with Gasteiger partial charge in [0.2, 0.25) is 5.91 Å². The first-order valence-corrected chi connectivity index (χ1v) is 6.57. The Balaban J connectivity index is 1.80. The van der Waals surface area contributed by atoms with E-state index in [9.17, 15) is 4.79 Å². The van der Waals surface area contributed by atoms with Crippen molar-refractivity contribution in [2.24, 2.45) is 0 Å². The minimum atomic E-state index is 0.208. The Kier molecular flexibility index (Phi) is 2.96. The van der Waals surface area contributed by atoms with Gasteiger partial charge in [0.15, 0.2) is 0 Å². The number of ether oxygens (including phenoxy) is 1. The summed E-state index contributed by atoms with van der Waals surface area (Å²) >= 11 is 0. The second-order valence-corrected chi connectivity index (χ2v) is 4.85. The summed E-state index contributed by atoms with van der Waals surface area (Å²) < 4.78 is 5.49. The normalized spacial score (nSPS) is 22.2. The summed E-state index contributed by atoms with van der Waals surface area (Å²) in [6.45, 7) is 4.50. The average Bonchev–Trinajstić information content (AvgIpc) is 2.95. The van der Waals surface area contributed by atoms with Gasteiger partial charge < -0.3 is 15.0 Å². The quantitative estimate of drug-likeness (QED) is 0.875. The Morgan fingerprint density at radius 2 is 2.39 bits per heavy atom. The molecule has 1 aromatic rings. The summed E-state index contributed by atoms with van der Waals surface area (Å²) in [4.78, 5) is 13.9. The van der Waals surface area contributed by atoms with Gasteiger partial charge in [-0.15, -0.1) is 0 Å². The van der Waals surface area contributed by atoms with E-state index in [1.54, 1.807) is 0 Å². The van der Waals surface area contributed by atoms with E-state index >= 15 is 0 Å². The van der Waals surface area contributed by atoms with Gasteiger partial charge >= 0.3 is 0 Å². The topological polar surface area (TPSA) is 41.6 Å². The molecule has 1 atom stereocenters. The first kappa shape index (κ1) is 11.5. The van der Waals surface area contributed by atoms with Gasteiger partial charge in [0.1, 0.15) is 5.75 Å². The fraction of sp³-hybridized carbons (Fsp3) is 0.500. The summed E-state index contributed by atoms with van der Waals surface area (Å²) in [6, 6.07) is 6.34. The number of amides is 1. The molecule has 96 valence electrons. The van der Waals surface area contributed by atoms with E-state index < -0.39 is 0 Å². The lowest BCUT2D eigenvalue weighted by Crippen LogP contribution is -2.32. The lowest BCUT2D eigenvalue weighted by Gasteiger charge is -2.17. The standard InChI is InChI=1S/C14H18N2O2/c1-2-15-11-8-14(17)16(9-11)12-3-4-13-10(7-12)5-6-18-13/h3-4,7,11,15H,2,5-6,8-9H2,1H3. The van der Waals surface area contributed by atoms with Gasteiger partial charge in [0, 0.05) is 31.1 Å². The van der Waals surface area contributed by atoms with Crippen LogP contribution in [0, 0.1) is 0 Å². The maximum atomic E-state index is 12.0. The molecule has 1 N–H and O–H groups in total. The van der Waals surface area contributed by atoms with Gasteiger partial charge in [-0.1, -0.05) is 6.92 Å². The third kappa shape index (κ3) is 1.97. The zero-order valence-corrected chi connectivity index (χ0v) is 10.6. The van der Waals surface area contributed by atoms with E-state index in [4.69, 9.17) is 4.74 Å². The van der Waals surface area contributed by atoms with Gasteiger partial charge in [-0.25, -0.2) is 0 Å². The van der Waals surface area contributed by atoms with Gasteiger partial charge in [-0.05, 0) is 30.3 Å². The van der Waals surface area contributed by atoms with Crippen LogP contribution in [0.5, 0.6) is 5.75 Å². The summed E-state index contributed by atoms with van der Waals surface area (Å²) in [5, 5.41) is 3.34. The first-order valence-electron chi connectivity index (χ1n) is 6.57. The monoisotopic (exact) mass is 246 g/mol. The molecule has 1 aromatic carbocycles. The summed E-state index contributed by atoms with van der Waals surface area (Å²) in [5.41, 5.74) is 2.22. The van der Waals surface area contributed by atoms with Crippen molar-refractivity contribution in [3.05, 3.63) is 23.8 Å². The predicted octanol–water partition coefficient (Wildman–Crippen LogP) is 1.34. The highest BCUT2D eigenvalue weighted by Gasteiger charge is 2.30. The summed E-state index contributed by atoms with van der Waals surface area (Å²) in [6.07, 6.45) is 1.54. The van der Waals surface area contributed by atoms with Crippen molar-refractivity contribution >= 4 is 11.6 Å². The van der Waals surface area contributed by atoms with Crippen molar-refractivity contribution in [2.45, 2.75) is 25.8 Å². The number of hydrogen-bond donors (Lipinski definition) is 1. The second kappa shape index (κ2) is 4.61. The number of benzene rings is 1. The third-order valence-corrected chi connectivity index (χ3v) is 3.60. The van der Waals surface area contributed by atoms with Crippen LogP contribution in [-0.4, -0.2) is 31.6 Å². The molecule has 2 aliphatic rings. The molecule has 0 aromatic heterocycles. The molecule has 0 spiro atoms. The van der Waals surface area contributed by atoms with E-state index in [-0.39, 0.29) is 11.9 Å². The number of carbonyl (C=O) groups excluding carboxylic acids is 1. The van der Waals surface area contributed by atoms with Crippen LogP contribution in [0.2, 0.25) is 0 Å². The van der Waals surface area contributed by atoms with E-state index in [0.29, 0.717) is 6.42 Å². The lowest BCUT2D eigenvalue weighted by molar-refractivity contribution is -0.117. The molecular weight excluding hydrogens is 228 g/mol. The molecule has 1 unspecified atom stereocenters. The molecule has 1 amide bonds. The van der Waals surface area contributed by atoms with Crippen molar-refractivity contribution in [2.75, 3.05) is 24.6 Å². The molecule has 4 nitrogen and oxygen atoms in total. The number of likely N-dealkylation sites (N-methyl/N-ethyl adjacent to an activating group) is 1. The minimum Gasteiger partial charge on any atom is -0.493 e. The van der Waals surface area contributed by atoms with Crippen molar-refractivity contribution in [1.29, 1.82) is 0 Å². The number of carbonyl (C=O) groups is 1. The smallest absolute Gasteiger partial charge is 0.228 e. The van der Waals surface area contributed by atoms with Gasteiger partial charge in [-0.2, -0.15) is 0 Å². The Hall–Kier alpha value is -1.55. The molecule has 2 heterocycles. The fourth-order valence-corrected chi connectivity index (χ4v) is 2.72. The van der Waals surface area contributed by atoms with Gasteiger partial charge in [0.25, 0.3) is 0 Å². The lowest BCUT2D eigenvalue weighted by atomic mass is 10.1. The Morgan fingerprint density at radius 3 is 3.22 bits per heavy atom. The second-order valence-electron chi connectivity index (χ2n) is 4.85. The van der Waals surface area contributed by atoms with Crippen molar-refractivity contribution in [3.8, 4) is 5.75 Å². The number of hydrogen-bond acceptors (Lipinski definition) is 3.